The van der Waals surface area contributed by atoms with Gasteiger partial charge in [-0.2, -0.15) is 0 Å². The van der Waals surface area contributed by atoms with Crippen molar-refractivity contribution in [2.75, 3.05) is 6.61 Å². The van der Waals surface area contributed by atoms with Crippen molar-refractivity contribution in [1.29, 1.82) is 0 Å². The SMILES string of the molecule is CC(=O)OC(COc1ccc(Cl)cc1)C(=O)O. The quantitative estimate of drug-likeness (QED) is 0.815. The average Bonchev–Trinajstić information content (AvgIpc) is 2.25. The van der Waals surface area contributed by atoms with Crippen molar-refractivity contribution in [2.45, 2.75) is 13.0 Å². The van der Waals surface area contributed by atoms with Gasteiger partial charge in [-0.15, -0.1) is 0 Å². The van der Waals surface area contributed by atoms with Crippen molar-refractivity contribution < 1.29 is 24.2 Å². The standard InChI is InChI=1S/C11H11ClO5/c1-7(13)17-10(11(14)15)6-16-9-4-2-8(12)3-5-9/h2-5,10H,6H2,1H3,(H,14,15). The maximum absolute atomic E-state index is 10.7. The molecule has 1 N–H and O–H groups in total. The molecule has 0 aromatic heterocycles. The summed E-state index contributed by atoms with van der Waals surface area (Å²) in [6.45, 7) is 0.884. The molecule has 5 nitrogen and oxygen atoms in total. The Hall–Kier alpha value is -1.75. The third-order valence-corrected chi connectivity index (χ3v) is 2.05. The zero-order chi connectivity index (χ0) is 12.8. The number of hydrogen-bond acceptors (Lipinski definition) is 4. The van der Waals surface area contributed by atoms with Crippen LogP contribution in [0.3, 0.4) is 0 Å². The fourth-order valence-electron chi connectivity index (χ4n) is 1.06. The van der Waals surface area contributed by atoms with E-state index in [9.17, 15) is 9.59 Å². The van der Waals surface area contributed by atoms with Gasteiger partial charge in [-0.05, 0) is 24.3 Å². The molecule has 0 bridgehead atoms. The van der Waals surface area contributed by atoms with Gasteiger partial charge in [0.2, 0.25) is 6.10 Å². The summed E-state index contributed by atoms with van der Waals surface area (Å²) in [5, 5.41) is 9.31. The van der Waals surface area contributed by atoms with Crippen molar-refractivity contribution in [3.05, 3.63) is 29.3 Å². The first-order valence-corrected chi connectivity index (χ1v) is 5.15. The molecule has 0 aliphatic rings. The van der Waals surface area contributed by atoms with Crippen molar-refractivity contribution in [1.82, 2.24) is 0 Å². The normalized spacial score (nSPS) is 11.6. The number of rotatable bonds is 5. The van der Waals surface area contributed by atoms with E-state index in [4.69, 9.17) is 21.4 Å². The van der Waals surface area contributed by atoms with Crippen LogP contribution in [0, 0.1) is 0 Å². The number of carboxylic acid groups (broad SMARTS) is 1. The second-order valence-electron chi connectivity index (χ2n) is 3.20. The second kappa shape index (κ2) is 6.10. The molecule has 0 amide bonds. The van der Waals surface area contributed by atoms with Crippen LogP contribution in [-0.2, 0) is 14.3 Å². The molecule has 17 heavy (non-hydrogen) atoms. The fraction of sp³-hybridized carbons (Fsp3) is 0.273. The number of esters is 1. The largest absolute Gasteiger partial charge is 0.489 e. The minimum absolute atomic E-state index is 0.253. The van der Waals surface area contributed by atoms with E-state index in [1.807, 2.05) is 0 Å². The number of ether oxygens (including phenoxy) is 2. The highest BCUT2D eigenvalue weighted by molar-refractivity contribution is 6.30. The van der Waals surface area contributed by atoms with Gasteiger partial charge < -0.3 is 14.6 Å². The summed E-state index contributed by atoms with van der Waals surface area (Å²) in [6, 6.07) is 6.40. The Morgan fingerprint density at radius 1 is 1.35 bits per heavy atom. The summed E-state index contributed by atoms with van der Waals surface area (Å²) in [5.41, 5.74) is 0. The molecule has 0 aliphatic carbocycles. The molecule has 0 aliphatic heterocycles. The Balaban J connectivity index is 2.54. The van der Waals surface area contributed by atoms with Crippen LogP contribution in [0.4, 0.5) is 0 Å². The Morgan fingerprint density at radius 3 is 2.41 bits per heavy atom. The van der Waals surface area contributed by atoms with E-state index >= 15 is 0 Å². The zero-order valence-corrected chi connectivity index (χ0v) is 9.81. The lowest BCUT2D eigenvalue weighted by Gasteiger charge is -2.13. The maximum atomic E-state index is 10.7. The summed E-state index contributed by atoms with van der Waals surface area (Å²) in [4.78, 5) is 21.4. The van der Waals surface area contributed by atoms with Gasteiger partial charge in [-0.25, -0.2) is 4.79 Å². The molecule has 1 aromatic rings. The molecule has 0 spiro atoms. The number of carbonyl (C=O) groups is 2. The van der Waals surface area contributed by atoms with Crippen LogP contribution >= 0.6 is 11.6 Å². The molecule has 1 aromatic carbocycles. The number of halogens is 1. The Labute approximate surface area is 103 Å². The van der Waals surface area contributed by atoms with Crippen LogP contribution < -0.4 is 4.74 Å². The van der Waals surface area contributed by atoms with Gasteiger partial charge in [0.15, 0.2) is 0 Å². The van der Waals surface area contributed by atoms with E-state index in [2.05, 4.69) is 4.74 Å². The number of carboxylic acids is 1. The maximum Gasteiger partial charge on any atom is 0.348 e. The molecule has 92 valence electrons. The van der Waals surface area contributed by atoms with Crippen molar-refractivity contribution in [3.63, 3.8) is 0 Å². The van der Waals surface area contributed by atoms with Gasteiger partial charge >= 0.3 is 11.9 Å². The van der Waals surface area contributed by atoms with Crippen LogP contribution in [0.25, 0.3) is 0 Å². The number of aliphatic carboxylic acids is 1. The monoisotopic (exact) mass is 258 g/mol. The highest BCUT2D eigenvalue weighted by Gasteiger charge is 2.21. The van der Waals surface area contributed by atoms with Gasteiger partial charge in [0.25, 0.3) is 0 Å². The first kappa shape index (κ1) is 13.3. The van der Waals surface area contributed by atoms with Crippen LogP contribution in [0.5, 0.6) is 5.75 Å². The third-order valence-electron chi connectivity index (χ3n) is 1.80. The first-order valence-electron chi connectivity index (χ1n) is 4.77. The van der Waals surface area contributed by atoms with Gasteiger partial charge in [-0.3, -0.25) is 4.79 Å². The van der Waals surface area contributed by atoms with Crippen molar-refractivity contribution >= 4 is 23.5 Å². The van der Waals surface area contributed by atoms with Gasteiger partial charge in [0.05, 0.1) is 0 Å². The summed E-state index contributed by atoms with van der Waals surface area (Å²) >= 11 is 5.67. The van der Waals surface area contributed by atoms with E-state index in [0.717, 1.165) is 6.92 Å². The lowest BCUT2D eigenvalue weighted by atomic mass is 10.3. The summed E-state index contributed by atoms with van der Waals surface area (Å²) in [7, 11) is 0. The smallest absolute Gasteiger partial charge is 0.348 e. The molecule has 0 heterocycles. The van der Waals surface area contributed by atoms with Gasteiger partial charge in [0.1, 0.15) is 12.4 Å². The number of benzene rings is 1. The summed E-state index contributed by atoms with van der Waals surface area (Å²) in [6.07, 6.45) is -1.32. The van der Waals surface area contributed by atoms with Gasteiger partial charge in [-0.1, -0.05) is 11.6 Å². The third kappa shape index (κ3) is 4.74. The highest BCUT2D eigenvalue weighted by Crippen LogP contribution is 2.15. The Morgan fingerprint density at radius 2 is 1.94 bits per heavy atom. The predicted octanol–water partition coefficient (Wildman–Crippen LogP) is 1.74. The molecular weight excluding hydrogens is 248 g/mol. The molecule has 1 rings (SSSR count). The van der Waals surface area contributed by atoms with Gasteiger partial charge in [0, 0.05) is 11.9 Å². The molecular formula is C11H11ClO5. The number of carbonyl (C=O) groups excluding carboxylic acids is 1. The van der Waals surface area contributed by atoms with Crippen LogP contribution in [0.1, 0.15) is 6.92 Å². The Kier molecular flexibility index (Phi) is 4.78. The highest BCUT2D eigenvalue weighted by atomic mass is 35.5. The lowest BCUT2D eigenvalue weighted by molar-refractivity contribution is -0.164. The molecule has 6 heteroatoms. The van der Waals surface area contributed by atoms with E-state index < -0.39 is 18.0 Å². The van der Waals surface area contributed by atoms with Crippen LogP contribution in [0.15, 0.2) is 24.3 Å². The molecule has 0 saturated heterocycles. The summed E-state index contributed by atoms with van der Waals surface area (Å²) < 4.78 is 9.74. The topological polar surface area (TPSA) is 72.8 Å². The molecule has 0 radical (unpaired) electrons. The molecule has 0 saturated carbocycles. The zero-order valence-electron chi connectivity index (χ0n) is 9.05. The van der Waals surface area contributed by atoms with Crippen molar-refractivity contribution in [3.8, 4) is 5.75 Å². The number of hydrogen-bond donors (Lipinski definition) is 1. The van der Waals surface area contributed by atoms with Crippen LogP contribution in [-0.4, -0.2) is 29.8 Å². The lowest BCUT2D eigenvalue weighted by Crippen LogP contribution is -2.32. The van der Waals surface area contributed by atoms with E-state index in [0.29, 0.717) is 10.8 Å². The molecule has 0 fully saturated rings. The molecule has 1 unspecified atom stereocenters. The van der Waals surface area contributed by atoms with Crippen molar-refractivity contribution in [2.24, 2.45) is 0 Å². The second-order valence-corrected chi connectivity index (χ2v) is 3.64. The average molecular weight is 259 g/mol. The van der Waals surface area contributed by atoms with E-state index in [1.54, 1.807) is 24.3 Å². The minimum Gasteiger partial charge on any atom is -0.489 e. The minimum atomic E-state index is -1.32. The fourth-order valence-corrected chi connectivity index (χ4v) is 1.18. The van der Waals surface area contributed by atoms with Crippen LogP contribution in [0.2, 0.25) is 5.02 Å². The summed E-state index contributed by atoms with van der Waals surface area (Å²) in [5.74, 6) is -1.47. The predicted molar refractivity (Wildman–Crippen MR) is 60.1 cm³/mol. The Bertz CT molecular complexity index is 401. The molecule has 1 atom stereocenters. The first-order chi connectivity index (χ1) is 7.99. The van der Waals surface area contributed by atoms with E-state index in [1.165, 1.54) is 0 Å². The van der Waals surface area contributed by atoms with E-state index in [-0.39, 0.29) is 6.61 Å².